The minimum Gasteiger partial charge on any atom is -0.396 e. The normalized spacial score (nSPS) is 12.5. The van der Waals surface area contributed by atoms with Crippen LogP contribution in [0.1, 0.15) is 32.8 Å². The standard InChI is InChI=1S/C15H23NO2/c1-11(2)12(3)15(18)16-14-8-4-6-13(10-14)7-5-9-17/h4,6,8,10-12,17H,5,7,9H2,1-3H3,(H,16,18). The first kappa shape index (κ1) is 14.7. The van der Waals surface area contributed by atoms with Gasteiger partial charge in [0.1, 0.15) is 0 Å². The number of anilines is 1. The molecule has 0 bridgehead atoms. The molecule has 0 saturated carbocycles. The molecule has 3 nitrogen and oxygen atoms in total. The fourth-order valence-corrected chi connectivity index (χ4v) is 1.65. The molecule has 18 heavy (non-hydrogen) atoms. The van der Waals surface area contributed by atoms with Crippen LogP contribution in [0.4, 0.5) is 5.69 Å². The van der Waals surface area contributed by atoms with E-state index in [1.54, 1.807) is 0 Å². The van der Waals surface area contributed by atoms with Gasteiger partial charge in [0, 0.05) is 18.2 Å². The van der Waals surface area contributed by atoms with Crippen LogP contribution in [-0.4, -0.2) is 17.6 Å². The van der Waals surface area contributed by atoms with Crippen molar-refractivity contribution in [1.29, 1.82) is 0 Å². The summed E-state index contributed by atoms with van der Waals surface area (Å²) in [4.78, 5) is 11.9. The van der Waals surface area contributed by atoms with Crippen molar-refractivity contribution in [2.45, 2.75) is 33.6 Å². The third-order valence-corrected chi connectivity index (χ3v) is 3.23. The van der Waals surface area contributed by atoms with Crippen molar-refractivity contribution < 1.29 is 9.90 Å². The van der Waals surface area contributed by atoms with E-state index in [9.17, 15) is 4.79 Å². The van der Waals surface area contributed by atoms with E-state index in [0.717, 1.165) is 24.1 Å². The molecule has 2 N–H and O–H groups in total. The summed E-state index contributed by atoms with van der Waals surface area (Å²) in [6, 6.07) is 7.81. The van der Waals surface area contributed by atoms with Crippen LogP contribution in [0.25, 0.3) is 0 Å². The molecule has 0 aliphatic carbocycles. The number of nitrogens with one attached hydrogen (secondary N) is 1. The van der Waals surface area contributed by atoms with E-state index in [1.165, 1.54) is 0 Å². The number of aliphatic hydroxyl groups excluding tert-OH is 1. The third-order valence-electron chi connectivity index (χ3n) is 3.23. The van der Waals surface area contributed by atoms with Gasteiger partial charge in [0.2, 0.25) is 5.91 Å². The van der Waals surface area contributed by atoms with Gasteiger partial charge in [0.25, 0.3) is 0 Å². The highest BCUT2D eigenvalue weighted by molar-refractivity contribution is 5.92. The van der Waals surface area contributed by atoms with Crippen LogP contribution in [0, 0.1) is 11.8 Å². The van der Waals surface area contributed by atoms with E-state index in [-0.39, 0.29) is 18.4 Å². The first-order chi connectivity index (χ1) is 8.54. The topological polar surface area (TPSA) is 49.3 Å². The number of aliphatic hydroxyl groups is 1. The van der Waals surface area contributed by atoms with Crippen molar-refractivity contribution in [2.24, 2.45) is 11.8 Å². The van der Waals surface area contributed by atoms with Gasteiger partial charge in [0.05, 0.1) is 0 Å². The summed E-state index contributed by atoms with van der Waals surface area (Å²) in [6.07, 6.45) is 1.58. The lowest BCUT2D eigenvalue weighted by Crippen LogP contribution is -2.24. The number of carbonyl (C=O) groups excluding carboxylic acids is 1. The van der Waals surface area contributed by atoms with Crippen LogP contribution >= 0.6 is 0 Å². The van der Waals surface area contributed by atoms with Gasteiger partial charge in [-0.3, -0.25) is 4.79 Å². The van der Waals surface area contributed by atoms with Crippen LogP contribution in [0.3, 0.4) is 0 Å². The van der Waals surface area contributed by atoms with Crippen molar-refractivity contribution in [3.05, 3.63) is 29.8 Å². The van der Waals surface area contributed by atoms with Gasteiger partial charge in [-0.2, -0.15) is 0 Å². The molecule has 0 saturated heterocycles. The number of aryl methyl sites for hydroxylation is 1. The van der Waals surface area contributed by atoms with Gasteiger partial charge >= 0.3 is 0 Å². The zero-order valence-electron chi connectivity index (χ0n) is 11.4. The predicted molar refractivity (Wildman–Crippen MR) is 74.5 cm³/mol. The molecule has 3 heteroatoms. The average molecular weight is 249 g/mol. The largest absolute Gasteiger partial charge is 0.396 e. The van der Waals surface area contributed by atoms with Gasteiger partial charge in [-0.25, -0.2) is 0 Å². The van der Waals surface area contributed by atoms with Gasteiger partial charge in [-0.05, 0) is 36.5 Å². The molecule has 0 aliphatic heterocycles. The zero-order chi connectivity index (χ0) is 13.5. The summed E-state index contributed by atoms with van der Waals surface area (Å²) < 4.78 is 0. The lowest BCUT2D eigenvalue weighted by Gasteiger charge is -2.15. The Morgan fingerprint density at radius 2 is 2.06 bits per heavy atom. The number of hydrogen-bond donors (Lipinski definition) is 2. The molecule has 1 aromatic carbocycles. The first-order valence-electron chi connectivity index (χ1n) is 6.55. The van der Waals surface area contributed by atoms with Crippen molar-refractivity contribution in [3.63, 3.8) is 0 Å². The van der Waals surface area contributed by atoms with Crippen LogP contribution in [0.5, 0.6) is 0 Å². The maximum Gasteiger partial charge on any atom is 0.227 e. The Morgan fingerprint density at radius 3 is 2.67 bits per heavy atom. The van der Waals surface area contributed by atoms with E-state index in [0.29, 0.717) is 5.92 Å². The molecule has 100 valence electrons. The van der Waals surface area contributed by atoms with E-state index in [4.69, 9.17) is 5.11 Å². The molecule has 0 aliphatic rings. The van der Waals surface area contributed by atoms with Crippen LogP contribution in [0.2, 0.25) is 0 Å². The summed E-state index contributed by atoms with van der Waals surface area (Å²) in [5.74, 6) is 0.401. The minimum absolute atomic E-state index is 0.00565. The maximum atomic E-state index is 11.9. The fourth-order valence-electron chi connectivity index (χ4n) is 1.65. The Bertz CT molecular complexity index is 388. The van der Waals surface area contributed by atoms with E-state index in [2.05, 4.69) is 5.32 Å². The monoisotopic (exact) mass is 249 g/mol. The third kappa shape index (κ3) is 4.49. The van der Waals surface area contributed by atoms with E-state index >= 15 is 0 Å². The van der Waals surface area contributed by atoms with Crippen LogP contribution in [0.15, 0.2) is 24.3 Å². The highest BCUT2D eigenvalue weighted by Gasteiger charge is 2.16. The first-order valence-corrected chi connectivity index (χ1v) is 6.55. The average Bonchev–Trinajstić information content (AvgIpc) is 2.35. The molecule has 1 rings (SSSR count). The molecular weight excluding hydrogens is 226 g/mol. The van der Waals surface area contributed by atoms with Crippen molar-refractivity contribution in [2.75, 3.05) is 11.9 Å². The lowest BCUT2D eigenvalue weighted by atomic mass is 9.97. The van der Waals surface area contributed by atoms with Gasteiger partial charge in [-0.15, -0.1) is 0 Å². The summed E-state index contributed by atoms with van der Waals surface area (Å²) in [7, 11) is 0. The molecule has 1 atom stereocenters. The summed E-state index contributed by atoms with van der Waals surface area (Å²) in [5.41, 5.74) is 1.97. The second-order valence-corrected chi connectivity index (χ2v) is 5.05. The smallest absolute Gasteiger partial charge is 0.227 e. The van der Waals surface area contributed by atoms with E-state index < -0.39 is 0 Å². The highest BCUT2D eigenvalue weighted by atomic mass is 16.2. The quantitative estimate of drug-likeness (QED) is 0.814. The lowest BCUT2D eigenvalue weighted by molar-refractivity contribution is -0.120. The maximum absolute atomic E-state index is 11.9. The summed E-state index contributed by atoms with van der Waals surface area (Å²) in [5, 5.41) is 11.7. The Hall–Kier alpha value is -1.35. The fraction of sp³-hybridized carbons (Fsp3) is 0.533. The Labute approximate surface area is 109 Å². The van der Waals surface area contributed by atoms with Crippen molar-refractivity contribution in [1.82, 2.24) is 0 Å². The SMILES string of the molecule is CC(C)C(C)C(=O)Nc1cccc(CCCO)c1. The molecule has 0 radical (unpaired) electrons. The van der Waals surface area contributed by atoms with Crippen LogP contribution in [-0.2, 0) is 11.2 Å². The number of amides is 1. The Morgan fingerprint density at radius 1 is 1.33 bits per heavy atom. The molecular formula is C15H23NO2. The number of rotatable bonds is 6. The minimum atomic E-state index is 0.00565. The molecule has 1 aromatic rings. The highest BCUT2D eigenvalue weighted by Crippen LogP contribution is 2.16. The second-order valence-electron chi connectivity index (χ2n) is 5.05. The second kappa shape index (κ2) is 7.17. The summed E-state index contributed by atoms with van der Waals surface area (Å²) in [6.45, 7) is 6.22. The Balaban J connectivity index is 2.64. The summed E-state index contributed by atoms with van der Waals surface area (Å²) >= 11 is 0. The van der Waals surface area contributed by atoms with Gasteiger partial charge < -0.3 is 10.4 Å². The zero-order valence-corrected chi connectivity index (χ0v) is 11.4. The van der Waals surface area contributed by atoms with Gasteiger partial charge in [0.15, 0.2) is 0 Å². The number of carbonyl (C=O) groups is 1. The van der Waals surface area contributed by atoms with E-state index in [1.807, 2.05) is 45.0 Å². The molecule has 1 amide bonds. The predicted octanol–water partition coefficient (Wildman–Crippen LogP) is 2.84. The number of benzene rings is 1. The number of hydrogen-bond acceptors (Lipinski definition) is 2. The van der Waals surface area contributed by atoms with Crippen molar-refractivity contribution in [3.8, 4) is 0 Å². The molecule has 0 spiro atoms. The molecule has 0 heterocycles. The van der Waals surface area contributed by atoms with Crippen molar-refractivity contribution >= 4 is 11.6 Å². The molecule has 0 fully saturated rings. The molecule has 1 unspecified atom stereocenters. The Kier molecular flexibility index (Phi) is 5.86. The van der Waals surface area contributed by atoms with Gasteiger partial charge in [-0.1, -0.05) is 32.9 Å². The van der Waals surface area contributed by atoms with Crippen LogP contribution < -0.4 is 5.32 Å². The molecule has 0 aromatic heterocycles.